The molecule has 3 nitrogen and oxygen atoms in total. The summed E-state index contributed by atoms with van der Waals surface area (Å²) < 4.78 is 25.7. The average molecular weight is 273 g/mol. The van der Waals surface area contributed by atoms with Crippen molar-refractivity contribution in [3.05, 3.63) is 59.7 Å². The molecule has 0 spiro atoms. The van der Waals surface area contributed by atoms with Gasteiger partial charge in [-0.05, 0) is 17.7 Å². The number of nitrogens with one attached hydrogen (secondary N) is 2. The second-order valence-electron chi connectivity index (χ2n) is 4.46. The van der Waals surface area contributed by atoms with Crippen molar-refractivity contribution in [3.8, 4) is 0 Å². The molecule has 102 valence electrons. The lowest BCUT2D eigenvalue weighted by atomic mass is 10.1. The smallest absolute Gasteiger partial charge is 0.264 e. The molecule has 3 aromatic rings. The lowest BCUT2D eigenvalue weighted by molar-refractivity contribution is 0.150. The number of fused-ring (bicyclic) bond motifs is 1. The minimum Gasteiger partial charge on any atom is -0.352 e. The minimum atomic E-state index is -2.47. The fourth-order valence-corrected chi connectivity index (χ4v) is 2.12. The number of anilines is 1. The number of alkyl halides is 2. The van der Waals surface area contributed by atoms with Crippen molar-refractivity contribution in [2.75, 3.05) is 5.32 Å². The van der Waals surface area contributed by atoms with Gasteiger partial charge in [-0.2, -0.15) is 0 Å². The molecule has 0 unspecified atom stereocenters. The van der Waals surface area contributed by atoms with Gasteiger partial charge in [-0.15, -0.1) is 0 Å². The van der Waals surface area contributed by atoms with E-state index in [9.17, 15) is 8.78 Å². The third-order valence-corrected chi connectivity index (χ3v) is 3.13. The molecular weight excluding hydrogens is 260 g/mol. The Hall–Kier alpha value is -2.43. The van der Waals surface area contributed by atoms with Crippen molar-refractivity contribution in [1.29, 1.82) is 0 Å². The van der Waals surface area contributed by atoms with E-state index in [0.29, 0.717) is 18.1 Å². The zero-order valence-electron chi connectivity index (χ0n) is 10.6. The number of aromatic amines is 1. The van der Waals surface area contributed by atoms with Gasteiger partial charge in [-0.3, -0.25) is 0 Å². The van der Waals surface area contributed by atoms with Crippen LogP contribution >= 0.6 is 0 Å². The number of benzene rings is 2. The van der Waals surface area contributed by atoms with Crippen LogP contribution in [0.1, 0.15) is 17.6 Å². The third kappa shape index (κ3) is 2.47. The van der Waals surface area contributed by atoms with Crippen LogP contribution < -0.4 is 5.32 Å². The number of hydrogen-bond acceptors (Lipinski definition) is 2. The van der Waals surface area contributed by atoms with E-state index in [1.54, 1.807) is 18.2 Å². The van der Waals surface area contributed by atoms with Gasteiger partial charge < -0.3 is 10.3 Å². The topological polar surface area (TPSA) is 40.7 Å². The normalized spacial score (nSPS) is 11.2. The predicted octanol–water partition coefficient (Wildman–Crippen LogP) is 4.11. The van der Waals surface area contributed by atoms with E-state index in [4.69, 9.17) is 0 Å². The molecule has 0 atom stereocenters. The van der Waals surface area contributed by atoms with Gasteiger partial charge in [0.15, 0.2) is 0 Å². The van der Waals surface area contributed by atoms with Crippen LogP contribution in [0.5, 0.6) is 0 Å². The molecule has 0 fully saturated rings. The van der Waals surface area contributed by atoms with Crippen LogP contribution in [0.15, 0.2) is 48.5 Å². The van der Waals surface area contributed by atoms with Gasteiger partial charge in [0.05, 0.1) is 11.0 Å². The molecule has 20 heavy (non-hydrogen) atoms. The molecule has 1 heterocycles. The highest BCUT2D eigenvalue weighted by Gasteiger charge is 2.12. The van der Waals surface area contributed by atoms with E-state index < -0.39 is 6.43 Å². The number of imidazole rings is 1. The molecule has 0 saturated heterocycles. The minimum absolute atomic E-state index is 0.0520. The summed E-state index contributed by atoms with van der Waals surface area (Å²) in [7, 11) is 0. The van der Waals surface area contributed by atoms with Gasteiger partial charge >= 0.3 is 0 Å². The van der Waals surface area contributed by atoms with Gasteiger partial charge in [0.2, 0.25) is 5.95 Å². The molecule has 2 aromatic carbocycles. The molecule has 0 amide bonds. The largest absolute Gasteiger partial charge is 0.352 e. The number of aromatic nitrogens is 2. The number of nitrogens with zero attached hydrogens (tertiary/aromatic N) is 1. The van der Waals surface area contributed by atoms with E-state index in [1.165, 1.54) is 6.07 Å². The van der Waals surface area contributed by atoms with Crippen molar-refractivity contribution in [3.63, 3.8) is 0 Å². The van der Waals surface area contributed by atoms with Crippen LogP contribution in [-0.4, -0.2) is 9.97 Å². The molecular formula is C15H13F2N3. The monoisotopic (exact) mass is 273 g/mol. The molecule has 3 rings (SSSR count). The van der Waals surface area contributed by atoms with E-state index in [-0.39, 0.29) is 5.56 Å². The zero-order chi connectivity index (χ0) is 13.9. The summed E-state index contributed by atoms with van der Waals surface area (Å²) >= 11 is 0. The summed E-state index contributed by atoms with van der Waals surface area (Å²) in [6.07, 6.45) is -2.47. The van der Waals surface area contributed by atoms with Crippen LogP contribution in [0.4, 0.5) is 14.7 Å². The fraction of sp³-hybridized carbons (Fsp3) is 0.133. The van der Waals surface area contributed by atoms with Crippen molar-refractivity contribution < 1.29 is 8.78 Å². The average Bonchev–Trinajstić information content (AvgIpc) is 2.88. The summed E-state index contributed by atoms with van der Waals surface area (Å²) in [6.45, 7) is 0.306. The van der Waals surface area contributed by atoms with Crippen LogP contribution in [0.2, 0.25) is 0 Å². The van der Waals surface area contributed by atoms with Crippen molar-refractivity contribution in [2.45, 2.75) is 13.0 Å². The van der Waals surface area contributed by atoms with Gasteiger partial charge in [-0.25, -0.2) is 13.8 Å². The highest BCUT2D eigenvalue weighted by Crippen LogP contribution is 2.23. The Kier molecular flexibility index (Phi) is 3.33. The summed E-state index contributed by atoms with van der Waals surface area (Å²) in [5.74, 6) is 0.579. The molecule has 0 bridgehead atoms. The lowest BCUT2D eigenvalue weighted by Crippen LogP contribution is -2.04. The van der Waals surface area contributed by atoms with Gasteiger partial charge in [0.1, 0.15) is 0 Å². The second-order valence-corrected chi connectivity index (χ2v) is 4.46. The summed E-state index contributed by atoms with van der Waals surface area (Å²) in [6, 6.07) is 14.1. The fourth-order valence-electron chi connectivity index (χ4n) is 2.12. The lowest BCUT2D eigenvalue weighted by Gasteiger charge is -2.08. The Morgan fingerprint density at radius 1 is 1.05 bits per heavy atom. The van der Waals surface area contributed by atoms with Crippen molar-refractivity contribution >= 4 is 17.0 Å². The Bertz CT molecular complexity index is 689. The first-order chi connectivity index (χ1) is 9.74. The maximum atomic E-state index is 12.9. The van der Waals surface area contributed by atoms with Crippen molar-refractivity contribution in [1.82, 2.24) is 9.97 Å². The predicted molar refractivity (Wildman–Crippen MR) is 74.8 cm³/mol. The Morgan fingerprint density at radius 3 is 2.60 bits per heavy atom. The SMILES string of the molecule is FC(F)c1ccccc1CNc1nc2ccccc2[nH]1. The Labute approximate surface area is 114 Å². The molecule has 0 saturated carbocycles. The van der Waals surface area contributed by atoms with E-state index >= 15 is 0 Å². The summed E-state index contributed by atoms with van der Waals surface area (Å²) in [4.78, 5) is 7.45. The molecule has 0 aliphatic rings. The first-order valence-corrected chi connectivity index (χ1v) is 6.28. The maximum Gasteiger partial charge on any atom is 0.264 e. The summed E-state index contributed by atoms with van der Waals surface area (Å²) in [5.41, 5.74) is 2.38. The standard InChI is InChI=1S/C15H13F2N3/c16-14(17)11-6-2-1-5-10(11)9-18-15-19-12-7-3-4-8-13(12)20-15/h1-8,14H,9H2,(H2,18,19,20). The zero-order valence-corrected chi connectivity index (χ0v) is 10.6. The van der Waals surface area contributed by atoms with Crippen LogP contribution in [0, 0.1) is 0 Å². The first-order valence-electron chi connectivity index (χ1n) is 6.28. The van der Waals surface area contributed by atoms with Crippen molar-refractivity contribution in [2.24, 2.45) is 0 Å². The molecule has 5 heteroatoms. The molecule has 1 aromatic heterocycles. The Morgan fingerprint density at radius 2 is 1.80 bits per heavy atom. The molecule has 2 N–H and O–H groups in total. The first kappa shape index (κ1) is 12.6. The second kappa shape index (κ2) is 5.28. The van der Waals surface area contributed by atoms with Crippen LogP contribution in [0.25, 0.3) is 11.0 Å². The van der Waals surface area contributed by atoms with Gasteiger partial charge in [0.25, 0.3) is 6.43 Å². The van der Waals surface area contributed by atoms with Gasteiger partial charge in [0, 0.05) is 12.1 Å². The summed E-state index contributed by atoms with van der Waals surface area (Å²) in [5, 5.41) is 3.05. The van der Waals surface area contributed by atoms with E-state index in [0.717, 1.165) is 11.0 Å². The van der Waals surface area contributed by atoms with E-state index in [1.807, 2.05) is 24.3 Å². The van der Waals surface area contributed by atoms with E-state index in [2.05, 4.69) is 15.3 Å². The number of H-pyrrole nitrogens is 1. The highest BCUT2D eigenvalue weighted by atomic mass is 19.3. The molecule has 0 radical (unpaired) electrons. The van der Waals surface area contributed by atoms with Crippen LogP contribution in [0.3, 0.4) is 0 Å². The number of hydrogen-bond donors (Lipinski definition) is 2. The maximum absolute atomic E-state index is 12.9. The van der Waals surface area contributed by atoms with Gasteiger partial charge in [-0.1, -0.05) is 36.4 Å². The molecule has 0 aliphatic carbocycles. The highest BCUT2D eigenvalue weighted by molar-refractivity contribution is 5.77. The Balaban J connectivity index is 1.79. The van der Waals surface area contributed by atoms with Crippen LogP contribution in [-0.2, 0) is 6.54 Å². The number of rotatable bonds is 4. The quantitative estimate of drug-likeness (QED) is 0.751. The number of halogens is 2. The third-order valence-electron chi connectivity index (χ3n) is 3.13. The molecule has 0 aliphatic heterocycles. The number of para-hydroxylation sites is 2.